The number of nitrogens with zero attached hydrogens (tertiary/aromatic N) is 1. The summed E-state index contributed by atoms with van der Waals surface area (Å²) < 4.78 is 75.8. The van der Waals surface area contributed by atoms with Crippen molar-refractivity contribution >= 4 is 5.91 Å². The number of likely N-dealkylation sites (tertiary alicyclic amines) is 1. The fraction of sp³-hybridized carbons (Fsp3) is 0.900. The maximum atomic E-state index is 12.6. The number of halogens is 6. The van der Waals surface area contributed by atoms with Crippen LogP contribution in [-0.4, -0.2) is 36.2 Å². The monoisotopic (exact) mass is 277 g/mol. The van der Waals surface area contributed by atoms with Crippen LogP contribution in [0.1, 0.15) is 26.2 Å². The second-order valence-electron chi connectivity index (χ2n) is 4.47. The van der Waals surface area contributed by atoms with Crippen LogP contribution < -0.4 is 0 Å². The summed E-state index contributed by atoms with van der Waals surface area (Å²) in [4.78, 5) is 12.3. The van der Waals surface area contributed by atoms with Gasteiger partial charge in [0.05, 0.1) is 0 Å². The third kappa shape index (κ3) is 2.42. The molecule has 0 radical (unpaired) electrons. The molecule has 0 spiro atoms. The molecule has 0 saturated carbocycles. The van der Waals surface area contributed by atoms with Gasteiger partial charge in [0.15, 0.2) is 0 Å². The molecule has 1 amide bonds. The van der Waals surface area contributed by atoms with Crippen LogP contribution in [0.15, 0.2) is 0 Å². The van der Waals surface area contributed by atoms with Gasteiger partial charge in [0.2, 0.25) is 11.3 Å². The quantitative estimate of drug-likeness (QED) is 0.674. The molecular weight excluding hydrogens is 264 g/mol. The van der Waals surface area contributed by atoms with Crippen LogP contribution in [0.3, 0.4) is 0 Å². The molecule has 1 aliphatic heterocycles. The highest BCUT2D eigenvalue weighted by Gasteiger charge is 2.73. The van der Waals surface area contributed by atoms with E-state index in [1.165, 1.54) is 0 Å². The van der Waals surface area contributed by atoms with E-state index in [4.69, 9.17) is 0 Å². The molecule has 0 bridgehead atoms. The predicted molar refractivity (Wildman–Crippen MR) is 50.6 cm³/mol. The Balaban J connectivity index is 3.08. The Morgan fingerprint density at radius 2 is 1.28 bits per heavy atom. The van der Waals surface area contributed by atoms with E-state index in [1.54, 1.807) is 0 Å². The van der Waals surface area contributed by atoms with Gasteiger partial charge < -0.3 is 4.90 Å². The molecule has 1 fully saturated rings. The summed E-state index contributed by atoms with van der Waals surface area (Å²) in [5, 5.41) is 0. The molecule has 1 heterocycles. The number of carbonyl (C=O) groups excluding carboxylic acids is 1. The average Bonchev–Trinajstić information content (AvgIpc) is 2.25. The molecule has 106 valence electrons. The largest absolute Gasteiger partial charge is 0.411 e. The first kappa shape index (κ1) is 15.1. The second-order valence-corrected chi connectivity index (χ2v) is 4.47. The molecule has 0 aromatic rings. The van der Waals surface area contributed by atoms with E-state index in [9.17, 15) is 31.1 Å². The van der Waals surface area contributed by atoms with Crippen LogP contribution in [0.2, 0.25) is 0 Å². The molecule has 8 heteroatoms. The van der Waals surface area contributed by atoms with E-state index in [-0.39, 0.29) is 20.0 Å². The number of hydrogen-bond acceptors (Lipinski definition) is 1. The summed E-state index contributed by atoms with van der Waals surface area (Å²) in [6.45, 7) is -0.203. The van der Waals surface area contributed by atoms with Gasteiger partial charge in [-0.1, -0.05) is 0 Å². The fourth-order valence-corrected chi connectivity index (χ4v) is 1.82. The van der Waals surface area contributed by atoms with Crippen molar-refractivity contribution in [3.05, 3.63) is 0 Å². The number of rotatable bonds is 1. The van der Waals surface area contributed by atoms with Crippen molar-refractivity contribution in [1.82, 2.24) is 4.90 Å². The highest BCUT2D eigenvalue weighted by atomic mass is 19.4. The average molecular weight is 277 g/mol. The van der Waals surface area contributed by atoms with Crippen molar-refractivity contribution in [2.75, 3.05) is 13.1 Å². The molecule has 1 aliphatic rings. The van der Waals surface area contributed by atoms with Gasteiger partial charge in [-0.3, -0.25) is 4.79 Å². The van der Waals surface area contributed by atoms with Gasteiger partial charge in [0, 0.05) is 13.1 Å². The minimum atomic E-state index is -5.65. The van der Waals surface area contributed by atoms with Crippen LogP contribution >= 0.6 is 0 Å². The molecular formula is C10H13F6NO. The summed E-state index contributed by atoms with van der Waals surface area (Å²) >= 11 is 0. The lowest BCUT2D eigenvalue weighted by atomic mass is 9.86. The Morgan fingerprint density at radius 1 is 0.889 bits per heavy atom. The van der Waals surface area contributed by atoms with Gasteiger partial charge in [-0.2, -0.15) is 26.3 Å². The van der Waals surface area contributed by atoms with Gasteiger partial charge in [0.25, 0.3) is 0 Å². The zero-order valence-electron chi connectivity index (χ0n) is 9.66. The molecule has 18 heavy (non-hydrogen) atoms. The van der Waals surface area contributed by atoms with E-state index in [0.29, 0.717) is 24.2 Å². The van der Waals surface area contributed by atoms with E-state index in [2.05, 4.69) is 0 Å². The zero-order chi connectivity index (χ0) is 14.2. The molecule has 0 aromatic heterocycles. The molecule has 2 nitrogen and oxygen atoms in total. The lowest BCUT2D eigenvalue weighted by Crippen LogP contribution is -2.59. The first-order valence-corrected chi connectivity index (χ1v) is 5.44. The van der Waals surface area contributed by atoms with E-state index in [1.807, 2.05) is 0 Å². The Labute approximate surface area is 99.9 Å². The Morgan fingerprint density at radius 3 is 1.61 bits per heavy atom. The van der Waals surface area contributed by atoms with Gasteiger partial charge in [-0.05, 0) is 26.2 Å². The standard InChI is InChI=1S/C10H13F6NO/c1-8(9(11,12)13,10(14,15)16)7(18)17-5-3-2-4-6-17/h2-6H2,1H3. The van der Waals surface area contributed by atoms with Crippen LogP contribution in [0.5, 0.6) is 0 Å². The second kappa shape index (κ2) is 4.62. The smallest absolute Gasteiger partial charge is 0.342 e. The molecule has 0 N–H and O–H groups in total. The first-order chi connectivity index (χ1) is 8.02. The molecule has 0 aliphatic carbocycles. The van der Waals surface area contributed by atoms with Crippen LogP contribution in [0.4, 0.5) is 26.3 Å². The highest BCUT2D eigenvalue weighted by Crippen LogP contribution is 2.51. The maximum absolute atomic E-state index is 12.6. The topological polar surface area (TPSA) is 20.3 Å². The van der Waals surface area contributed by atoms with Crippen LogP contribution in [0, 0.1) is 5.41 Å². The lowest BCUT2D eigenvalue weighted by molar-refractivity contribution is -0.322. The summed E-state index contributed by atoms with van der Waals surface area (Å²) in [5.74, 6) is -1.90. The zero-order valence-corrected chi connectivity index (χ0v) is 9.66. The normalized spacial score (nSPS) is 18.9. The number of piperidine rings is 1. The molecule has 1 rings (SSSR count). The van der Waals surface area contributed by atoms with Crippen molar-refractivity contribution in [1.29, 1.82) is 0 Å². The maximum Gasteiger partial charge on any atom is 0.411 e. The van der Waals surface area contributed by atoms with Gasteiger partial charge in [-0.15, -0.1) is 0 Å². The third-order valence-electron chi connectivity index (χ3n) is 3.20. The van der Waals surface area contributed by atoms with E-state index in [0.717, 1.165) is 0 Å². The summed E-state index contributed by atoms with van der Waals surface area (Å²) in [6.07, 6.45) is -9.74. The number of carbonyl (C=O) groups is 1. The van der Waals surface area contributed by atoms with E-state index >= 15 is 0 Å². The minimum Gasteiger partial charge on any atom is -0.342 e. The summed E-state index contributed by atoms with van der Waals surface area (Å²) in [6, 6.07) is 0. The highest BCUT2D eigenvalue weighted by molar-refractivity contribution is 5.84. The van der Waals surface area contributed by atoms with Crippen LogP contribution in [-0.2, 0) is 4.79 Å². The number of hydrogen-bond donors (Lipinski definition) is 0. The van der Waals surface area contributed by atoms with Crippen molar-refractivity contribution in [2.24, 2.45) is 5.41 Å². The minimum absolute atomic E-state index is 0.0550. The summed E-state index contributed by atoms with van der Waals surface area (Å²) in [7, 11) is 0. The SMILES string of the molecule is CC(C(=O)N1CCCCC1)(C(F)(F)F)C(F)(F)F. The molecule has 1 saturated heterocycles. The van der Waals surface area contributed by atoms with E-state index < -0.39 is 23.7 Å². The van der Waals surface area contributed by atoms with Crippen molar-refractivity contribution in [2.45, 2.75) is 38.5 Å². The molecule has 0 atom stereocenters. The van der Waals surface area contributed by atoms with Crippen molar-refractivity contribution < 1.29 is 31.1 Å². The van der Waals surface area contributed by atoms with Gasteiger partial charge in [0.1, 0.15) is 0 Å². The first-order valence-electron chi connectivity index (χ1n) is 5.44. The molecule has 0 unspecified atom stereocenters. The Bertz CT molecular complexity index is 301. The number of amides is 1. The van der Waals surface area contributed by atoms with Crippen molar-refractivity contribution in [3.8, 4) is 0 Å². The van der Waals surface area contributed by atoms with Crippen LogP contribution in [0.25, 0.3) is 0 Å². The number of alkyl halides is 6. The lowest BCUT2D eigenvalue weighted by Gasteiger charge is -2.38. The van der Waals surface area contributed by atoms with Crippen molar-refractivity contribution in [3.63, 3.8) is 0 Å². The third-order valence-corrected chi connectivity index (χ3v) is 3.20. The molecule has 0 aromatic carbocycles. The van der Waals surface area contributed by atoms with Gasteiger partial charge >= 0.3 is 12.4 Å². The van der Waals surface area contributed by atoms with Gasteiger partial charge in [-0.25, -0.2) is 0 Å². The summed E-state index contributed by atoms with van der Waals surface area (Å²) in [5.41, 5.74) is -4.32. The Kier molecular flexibility index (Phi) is 3.88. The Hall–Kier alpha value is -0.950. The predicted octanol–water partition coefficient (Wildman–Crippen LogP) is 3.13. The fourth-order valence-electron chi connectivity index (χ4n) is 1.82.